The average Bonchev–Trinajstić information content (AvgIpc) is 2.77. The van der Waals surface area contributed by atoms with Gasteiger partial charge in [-0.1, -0.05) is 0 Å². The maximum absolute atomic E-state index is 12.9. The fourth-order valence-corrected chi connectivity index (χ4v) is 4.61. The molecule has 172 valence electrons. The Kier molecular flexibility index (Phi) is 6.26. The standard InChI is InChI=1S/C25H33N3O4/c1-25(2,3)32-24(30)27-12-9-17(10-13-27)11-14-28-22(29)8-5-18-16-26-21-7-6-19(31-4)15-20(21)23(18)28/h6-7,15-17H,5,8-14H2,1-4H3. The fourth-order valence-electron chi connectivity index (χ4n) is 4.61. The molecular weight excluding hydrogens is 406 g/mol. The zero-order valence-electron chi connectivity index (χ0n) is 19.5. The van der Waals surface area contributed by atoms with E-state index in [2.05, 4.69) is 4.98 Å². The van der Waals surface area contributed by atoms with E-state index >= 15 is 0 Å². The Labute approximate surface area is 189 Å². The first-order valence-corrected chi connectivity index (χ1v) is 11.5. The Morgan fingerprint density at radius 2 is 1.94 bits per heavy atom. The summed E-state index contributed by atoms with van der Waals surface area (Å²) in [5, 5.41) is 0.967. The molecule has 0 saturated carbocycles. The van der Waals surface area contributed by atoms with Crippen molar-refractivity contribution in [2.24, 2.45) is 5.92 Å². The van der Waals surface area contributed by atoms with Crippen LogP contribution in [0.25, 0.3) is 10.9 Å². The molecule has 2 amide bonds. The second kappa shape index (κ2) is 8.96. The number of piperidine rings is 1. The minimum absolute atomic E-state index is 0.166. The Bertz CT molecular complexity index is 1000. The van der Waals surface area contributed by atoms with E-state index in [1.165, 1.54) is 0 Å². The molecule has 3 heterocycles. The molecule has 1 fully saturated rings. The summed E-state index contributed by atoms with van der Waals surface area (Å²) in [4.78, 5) is 33.6. The van der Waals surface area contributed by atoms with Gasteiger partial charge in [0.2, 0.25) is 5.91 Å². The second-order valence-electron chi connectivity index (χ2n) is 9.76. The average molecular weight is 440 g/mol. The zero-order chi connectivity index (χ0) is 22.9. The monoisotopic (exact) mass is 439 g/mol. The molecule has 32 heavy (non-hydrogen) atoms. The van der Waals surface area contributed by atoms with E-state index in [1.807, 2.05) is 50.1 Å². The normalized spacial score (nSPS) is 17.4. The van der Waals surface area contributed by atoms with Crippen LogP contribution in [0, 0.1) is 5.92 Å². The first-order valence-electron chi connectivity index (χ1n) is 11.5. The van der Waals surface area contributed by atoms with Gasteiger partial charge in [0, 0.05) is 37.6 Å². The van der Waals surface area contributed by atoms with Crippen LogP contribution in [-0.4, -0.2) is 54.2 Å². The molecule has 1 saturated heterocycles. The molecule has 0 N–H and O–H groups in total. The molecule has 0 spiro atoms. The number of benzene rings is 1. The number of aromatic nitrogens is 1. The topological polar surface area (TPSA) is 72.0 Å². The van der Waals surface area contributed by atoms with Crippen LogP contribution in [-0.2, 0) is 16.0 Å². The van der Waals surface area contributed by atoms with Crippen LogP contribution in [0.2, 0.25) is 0 Å². The van der Waals surface area contributed by atoms with Crippen molar-refractivity contribution in [3.8, 4) is 5.75 Å². The molecule has 4 rings (SSSR count). The lowest BCUT2D eigenvalue weighted by atomic mass is 9.92. The van der Waals surface area contributed by atoms with E-state index in [1.54, 1.807) is 12.0 Å². The molecule has 2 aromatic rings. The number of likely N-dealkylation sites (tertiary alicyclic amines) is 1. The molecule has 1 aromatic heterocycles. The number of hydrogen-bond donors (Lipinski definition) is 0. The molecule has 1 aromatic carbocycles. The molecule has 0 aliphatic carbocycles. The van der Waals surface area contributed by atoms with E-state index in [0.29, 0.717) is 32.0 Å². The Hall–Kier alpha value is -2.83. The molecule has 0 unspecified atom stereocenters. The van der Waals surface area contributed by atoms with Gasteiger partial charge in [-0.3, -0.25) is 9.78 Å². The van der Waals surface area contributed by atoms with E-state index in [9.17, 15) is 9.59 Å². The summed E-state index contributed by atoms with van der Waals surface area (Å²) in [5.74, 6) is 1.41. The van der Waals surface area contributed by atoms with Crippen molar-refractivity contribution in [1.29, 1.82) is 0 Å². The number of anilines is 1. The number of carbonyl (C=O) groups is 2. The highest BCUT2D eigenvalue weighted by Crippen LogP contribution is 2.36. The van der Waals surface area contributed by atoms with Gasteiger partial charge < -0.3 is 19.3 Å². The largest absolute Gasteiger partial charge is 0.497 e. The van der Waals surface area contributed by atoms with E-state index in [-0.39, 0.29) is 12.0 Å². The highest BCUT2D eigenvalue weighted by atomic mass is 16.6. The second-order valence-corrected chi connectivity index (χ2v) is 9.76. The third-order valence-corrected chi connectivity index (χ3v) is 6.33. The number of carbonyl (C=O) groups excluding carboxylic acids is 2. The van der Waals surface area contributed by atoms with Gasteiger partial charge in [-0.15, -0.1) is 0 Å². The predicted octanol–water partition coefficient (Wildman–Crippen LogP) is 4.56. The summed E-state index contributed by atoms with van der Waals surface area (Å²) in [6, 6.07) is 5.82. The van der Waals surface area contributed by atoms with Crippen LogP contribution >= 0.6 is 0 Å². The van der Waals surface area contributed by atoms with Gasteiger partial charge in [0.25, 0.3) is 0 Å². The maximum atomic E-state index is 12.9. The predicted molar refractivity (Wildman–Crippen MR) is 124 cm³/mol. The summed E-state index contributed by atoms with van der Waals surface area (Å²) < 4.78 is 10.9. The molecule has 2 aliphatic rings. The van der Waals surface area contributed by atoms with Crippen molar-refractivity contribution >= 4 is 28.6 Å². The van der Waals surface area contributed by atoms with Gasteiger partial charge >= 0.3 is 6.09 Å². The zero-order valence-corrected chi connectivity index (χ0v) is 19.5. The van der Waals surface area contributed by atoms with Gasteiger partial charge in [0.05, 0.1) is 18.3 Å². The van der Waals surface area contributed by atoms with Crippen LogP contribution in [0.15, 0.2) is 24.4 Å². The number of ether oxygens (including phenoxy) is 2. The number of rotatable bonds is 4. The fraction of sp³-hybridized carbons (Fsp3) is 0.560. The molecule has 0 bridgehead atoms. The van der Waals surface area contributed by atoms with Crippen LogP contribution < -0.4 is 9.64 Å². The number of hydrogen-bond acceptors (Lipinski definition) is 5. The van der Waals surface area contributed by atoms with E-state index in [0.717, 1.165) is 53.6 Å². The lowest BCUT2D eigenvalue weighted by Crippen LogP contribution is -2.42. The van der Waals surface area contributed by atoms with Crippen LogP contribution in [0.3, 0.4) is 0 Å². The SMILES string of the molecule is COc1ccc2ncc3c(c2c1)N(CCC1CCN(C(=O)OC(C)(C)C)CC1)C(=O)CC3. The number of methoxy groups -OCH3 is 1. The Morgan fingerprint density at radius 3 is 2.62 bits per heavy atom. The lowest BCUT2D eigenvalue weighted by molar-refractivity contribution is -0.118. The molecule has 0 atom stereocenters. The third kappa shape index (κ3) is 4.81. The van der Waals surface area contributed by atoms with Crippen molar-refractivity contribution in [1.82, 2.24) is 9.88 Å². The molecule has 7 nitrogen and oxygen atoms in total. The van der Waals surface area contributed by atoms with Gasteiger partial charge in [-0.2, -0.15) is 0 Å². The lowest BCUT2D eigenvalue weighted by Gasteiger charge is -2.35. The van der Waals surface area contributed by atoms with E-state index in [4.69, 9.17) is 9.47 Å². The molecule has 7 heteroatoms. The highest BCUT2D eigenvalue weighted by Gasteiger charge is 2.30. The number of fused-ring (bicyclic) bond motifs is 3. The van der Waals surface area contributed by atoms with Crippen molar-refractivity contribution in [2.45, 2.75) is 58.5 Å². The van der Waals surface area contributed by atoms with Gasteiger partial charge in [-0.05, 0) is 76.1 Å². The van der Waals surface area contributed by atoms with Crippen LogP contribution in [0.1, 0.15) is 52.0 Å². The highest BCUT2D eigenvalue weighted by molar-refractivity contribution is 6.06. The van der Waals surface area contributed by atoms with E-state index < -0.39 is 5.60 Å². The van der Waals surface area contributed by atoms with Crippen LogP contribution in [0.5, 0.6) is 5.75 Å². The number of amides is 2. The summed E-state index contributed by atoms with van der Waals surface area (Å²) in [7, 11) is 1.65. The Morgan fingerprint density at radius 1 is 1.19 bits per heavy atom. The van der Waals surface area contributed by atoms with Crippen molar-refractivity contribution < 1.29 is 19.1 Å². The molecule has 0 radical (unpaired) electrons. The summed E-state index contributed by atoms with van der Waals surface area (Å²) >= 11 is 0. The third-order valence-electron chi connectivity index (χ3n) is 6.33. The number of pyridine rings is 1. The summed E-state index contributed by atoms with van der Waals surface area (Å²) in [6.45, 7) is 7.75. The van der Waals surface area contributed by atoms with Gasteiger partial charge in [-0.25, -0.2) is 4.79 Å². The smallest absolute Gasteiger partial charge is 0.410 e. The van der Waals surface area contributed by atoms with Crippen LogP contribution in [0.4, 0.5) is 10.5 Å². The van der Waals surface area contributed by atoms with Crippen molar-refractivity contribution in [2.75, 3.05) is 31.6 Å². The summed E-state index contributed by atoms with van der Waals surface area (Å²) in [5.41, 5.74) is 2.49. The minimum atomic E-state index is -0.476. The minimum Gasteiger partial charge on any atom is -0.497 e. The summed E-state index contributed by atoms with van der Waals surface area (Å²) in [6.07, 6.45) is 5.69. The maximum Gasteiger partial charge on any atom is 0.410 e. The first-order chi connectivity index (χ1) is 15.2. The quantitative estimate of drug-likeness (QED) is 0.698. The van der Waals surface area contributed by atoms with Gasteiger partial charge in [0.1, 0.15) is 11.4 Å². The number of aryl methyl sites for hydroxylation is 1. The Balaban J connectivity index is 1.44. The molecule has 2 aliphatic heterocycles. The molecular formula is C25H33N3O4. The van der Waals surface area contributed by atoms with Crippen molar-refractivity contribution in [3.63, 3.8) is 0 Å². The van der Waals surface area contributed by atoms with Gasteiger partial charge in [0.15, 0.2) is 0 Å². The first kappa shape index (κ1) is 22.4. The van der Waals surface area contributed by atoms with Crippen molar-refractivity contribution in [3.05, 3.63) is 30.0 Å². The number of nitrogens with zero attached hydrogens (tertiary/aromatic N) is 3.